The highest BCUT2D eigenvalue weighted by molar-refractivity contribution is 9.09. The van der Waals surface area contributed by atoms with Gasteiger partial charge in [-0.15, -0.1) is 0 Å². The summed E-state index contributed by atoms with van der Waals surface area (Å²) < 4.78 is 6.03. The molecule has 0 spiro atoms. The number of halogens is 1. The van der Waals surface area contributed by atoms with Crippen molar-refractivity contribution in [2.75, 3.05) is 11.9 Å². The van der Waals surface area contributed by atoms with Crippen molar-refractivity contribution in [3.63, 3.8) is 0 Å². The maximum absolute atomic E-state index is 10.3. The first-order valence-electron chi connectivity index (χ1n) is 8.70. The average Bonchev–Trinajstić information content (AvgIpc) is 2.59. The fraction of sp³-hybridized carbons (Fsp3) is 0.500. The first-order chi connectivity index (χ1) is 11.3. The molecular formula is C20H27BrO2. The molecule has 0 aliphatic rings. The summed E-state index contributed by atoms with van der Waals surface area (Å²) in [6.07, 6.45) is 8.30. The average molecular weight is 379 g/mol. The molecule has 23 heavy (non-hydrogen) atoms. The van der Waals surface area contributed by atoms with Gasteiger partial charge < -0.3 is 9.84 Å². The van der Waals surface area contributed by atoms with Gasteiger partial charge in [0.05, 0.1) is 6.61 Å². The van der Waals surface area contributed by atoms with Crippen molar-refractivity contribution in [1.82, 2.24) is 0 Å². The summed E-state index contributed by atoms with van der Waals surface area (Å²) in [5, 5.41) is 13.3. The molecule has 0 radical (unpaired) electrons. The van der Waals surface area contributed by atoms with Crippen LogP contribution in [-0.4, -0.2) is 17.0 Å². The number of rotatable bonds is 10. The third-order valence-electron chi connectivity index (χ3n) is 4.22. The molecule has 3 heteroatoms. The van der Waals surface area contributed by atoms with Gasteiger partial charge in [-0.05, 0) is 30.9 Å². The number of ether oxygens (including phenoxy) is 1. The van der Waals surface area contributed by atoms with Gasteiger partial charge in [-0.2, -0.15) is 0 Å². The minimum atomic E-state index is 0.391. The molecule has 0 heterocycles. The predicted molar refractivity (Wildman–Crippen MR) is 102 cm³/mol. The summed E-state index contributed by atoms with van der Waals surface area (Å²) in [4.78, 5) is 0. The predicted octanol–water partition coefficient (Wildman–Crippen LogP) is 6.22. The van der Waals surface area contributed by atoms with Gasteiger partial charge in [-0.25, -0.2) is 0 Å². The molecule has 1 N–H and O–H groups in total. The Bertz CT molecular complexity index is 610. The normalized spacial score (nSPS) is 11.0. The summed E-state index contributed by atoms with van der Waals surface area (Å²) in [6, 6.07) is 9.92. The number of hydrogen-bond acceptors (Lipinski definition) is 2. The smallest absolute Gasteiger partial charge is 0.127 e. The van der Waals surface area contributed by atoms with Crippen LogP contribution in [0.4, 0.5) is 0 Å². The zero-order chi connectivity index (χ0) is 16.5. The number of phenolic OH excluding ortho intramolecular Hbond substituents is 1. The number of aromatic hydroxyl groups is 1. The molecular weight excluding hydrogens is 352 g/mol. The molecule has 0 saturated heterocycles. The van der Waals surface area contributed by atoms with E-state index in [0.717, 1.165) is 46.9 Å². The monoisotopic (exact) mass is 378 g/mol. The molecule has 0 fully saturated rings. The van der Waals surface area contributed by atoms with Crippen LogP contribution in [0, 0.1) is 0 Å². The second kappa shape index (κ2) is 9.82. The van der Waals surface area contributed by atoms with Crippen molar-refractivity contribution in [3.05, 3.63) is 35.9 Å². The zero-order valence-corrected chi connectivity index (χ0v) is 15.6. The lowest BCUT2D eigenvalue weighted by Crippen LogP contribution is -1.99. The fourth-order valence-corrected chi connectivity index (χ4v) is 3.25. The Kier molecular flexibility index (Phi) is 7.73. The van der Waals surface area contributed by atoms with Crippen LogP contribution in [0.5, 0.6) is 11.5 Å². The van der Waals surface area contributed by atoms with Gasteiger partial charge in [0.1, 0.15) is 11.5 Å². The van der Waals surface area contributed by atoms with Crippen LogP contribution in [0.15, 0.2) is 30.3 Å². The van der Waals surface area contributed by atoms with Crippen molar-refractivity contribution in [1.29, 1.82) is 0 Å². The third-order valence-corrected chi connectivity index (χ3v) is 4.78. The van der Waals surface area contributed by atoms with E-state index in [2.05, 4.69) is 22.9 Å². The van der Waals surface area contributed by atoms with Crippen LogP contribution < -0.4 is 4.74 Å². The van der Waals surface area contributed by atoms with Crippen LogP contribution in [0.2, 0.25) is 0 Å². The molecule has 0 aromatic heterocycles. The SMILES string of the molecule is CCc1cc(OCCCCCCCCBr)c2ccccc2c1O. The number of alkyl halides is 1. The van der Waals surface area contributed by atoms with Crippen LogP contribution >= 0.6 is 15.9 Å². The standard InChI is InChI=1S/C20H27BrO2/c1-2-16-15-19(17-11-7-8-12-18(17)20(16)22)23-14-10-6-4-3-5-9-13-21/h7-8,11-12,15,22H,2-6,9-10,13-14H2,1H3. The molecule has 2 rings (SSSR count). The van der Waals surface area contributed by atoms with Gasteiger partial charge >= 0.3 is 0 Å². The molecule has 0 saturated carbocycles. The van der Waals surface area contributed by atoms with Crippen LogP contribution in [0.3, 0.4) is 0 Å². The van der Waals surface area contributed by atoms with Crippen molar-refractivity contribution < 1.29 is 9.84 Å². The highest BCUT2D eigenvalue weighted by Crippen LogP contribution is 2.36. The van der Waals surface area contributed by atoms with E-state index >= 15 is 0 Å². The van der Waals surface area contributed by atoms with Crippen molar-refractivity contribution in [2.45, 2.75) is 51.9 Å². The highest BCUT2D eigenvalue weighted by atomic mass is 79.9. The van der Waals surface area contributed by atoms with E-state index in [9.17, 15) is 5.11 Å². The summed E-state index contributed by atoms with van der Waals surface area (Å²) >= 11 is 3.47. The largest absolute Gasteiger partial charge is 0.507 e. The Morgan fingerprint density at radius 3 is 2.30 bits per heavy atom. The first-order valence-corrected chi connectivity index (χ1v) is 9.82. The van der Waals surface area contributed by atoms with Crippen LogP contribution in [-0.2, 0) is 6.42 Å². The van der Waals surface area contributed by atoms with E-state index < -0.39 is 0 Å². The van der Waals surface area contributed by atoms with Gasteiger partial charge in [-0.3, -0.25) is 0 Å². The maximum atomic E-state index is 10.3. The minimum absolute atomic E-state index is 0.391. The van der Waals surface area contributed by atoms with Crippen LogP contribution in [0.25, 0.3) is 10.8 Å². The molecule has 126 valence electrons. The topological polar surface area (TPSA) is 29.5 Å². The van der Waals surface area contributed by atoms with E-state index in [1.54, 1.807) is 0 Å². The molecule has 2 aromatic rings. The lowest BCUT2D eigenvalue weighted by atomic mass is 10.0. The number of fused-ring (bicyclic) bond motifs is 1. The molecule has 0 bridgehead atoms. The van der Waals surface area contributed by atoms with Gasteiger partial charge in [0.15, 0.2) is 0 Å². The van der Waals surface area contributed by atoms with E-state index in [1.807, 2.05) is 30.3 Å². The molecule has 0 atom stereocenters. The summed E-state index contributed by atoms with van der Waals surface area (Å²) in [6.45, 7) is 2.80. The Morgan fingerprint density at radius 1 is 0.957 bits per heavy atom. The van der Waals surface area contributed by atoms with Gasteiger partial charge in [0.2, 0.25) is 0 Å². The van der Waals surface area contributed by atoms with E-state index in [4.69, 9.17) is 4.74 Å². The summed E-state index contributed by atoms with van der Waals surface area (Å²) in [7, 11) is 0. The number of benzene rings is 2. The first kappa shape index (κ1) is 18.1. The Labute approximate surface area is 148 Å². The molecule has 0 unspecified atom stereocenters. The Balaban J connectivity index is 1.91. The van der Waals surface area contributed by atoms with E-state index in [1.165, 1.54) is 32.1 Å². The zero-order valence-electron chi connectivity index (χ0n) is 14.0. The lowest BCUT2D eigenvalue weighted by Gasteiger charge is -2.13. The molecule has 0 amide bonds. The Morgan fingerprint density at radius 2 is 1.61 bits per heavy atom. The number of aryl methyl sites for hydroxylation is 1. The van der Waals surface area contributed by atoms with Crippen LogP contribution in [0.1, 0.15) is 51.0 Å². The van der Waals surface area contributed by atoms with Gasteiger partial charge in [0.25, 0.3) is 0 Å². The van der Waals surface area contributed by atoms with E-state index in [0.29, 0.717) is 5.75 Å². The number of unbranched alkanes of at least 4 members (excludes halogenated alkanes) is 5. The number of phenols is 1. The molecule has 2 nitrogen and oxygen atoms in total. The second-order valence-corrected chi connectivity index (χ2v) is 6.73. The maximum Gasteiger partial charge on any atom is 0.127 e. The molecule has 2 aromatic carbocycles. The molecule has 0 aliphatic heterocycles. The van der Waals surface area contributed by atoms with Gasteiger partial charge in [-0.1, -0.05) is 72.8 Å². The highest BCUT2D eigenvalue weighted by Gasteiger charge is 2.10. The van der Waals surface area contributed by atoms with Crippen molar-refractivity contribution in [2.24, 2.45) is 0 Å². The quantitative estimate of drug-likeness (QED) is 0.392. The fourth-order valence-electron chi connectivity index (χ4n) is 2.86. The van der Waals surface area contributed by atoms with Crippen molar-refractivity contribution in [3.8, 4) is 11.5 Å². The minimum Gasteiger partial charge on any atom is -0.507 e. The summed E-state index contributed by atoms with van der Waals surface area (Å²) in [5.41, 5.74) is 0.952. The molecule has 0 aliphatic carbocycles. The lowest BCUT2D eigenvalue weighted by molar-refractivity contribution is 0.307. The number of hydrogen-bond donors (Lipinski definition) is 1. The van der Waals surface area contributed by atoms with Crippen molar-refractivity contribution >= 4 is 26.7 Å². The Hall–Kier alpha value is -1.22. The second-order valence-electron chi connectivity index (χ2n) is 5.94. The van der Waals surface area contributed by atoms with E-state index in [-0.39, 0.29) is 0 Å². The summed E-state index contributed by atoms with van der Waals surface area (Å²) in [5.74, 6) is 1.29. The van der Waals surface area contributed by atoms with Gasteiger partial charge in [0, 0.05) is 16.1 Å². The third kappa shape index (κ3) is 5.13.